The second-order valence-electron chi connectivity index (χ2n) is 5.88. The third-order valence-electron chi connectivity index (χ3n) is 3.84. The smallest absolute Gasteiger partial charge is 0.224 e. The van der Waals surface area contributed by atoms with E-state index in [-0.39, 0.29) is 17.2 Å². The van der Waals surface area contributed by atoms with Gasteiger partial charge in [-0.2, -0.15) is 4.39 Å². The Balaban J connectivity index is 1.83. The van der Waals surface area contributed by atoms with Gasteiger partial charge >= 0.3 is 0 Å². The van der Waals surface area contributed by atoms with Gasteiger partial charge in [-0.3, -0.25) is 0 Å². The maximum absolute atomic E-state index is 14.1. The lowest BCUT2D eigenvalue weighted by molar-refractivity contribution is 0.401. The van der Waals surface area contributed by atoms with Crippen LogP contribution in [0.5, 0.6) is 11.6 Å². The maximum atomic E-state index is 14.1. The second-order valence-corrected chi connectivity index (χ2v) is 5.88. The normalized spacial score (nSPS) is 10.7. The van der Waals surface area contributed by atoms with Gasteiger partial charge in [0, 0.05) is 30.1 Å². The molecule has 0 bridgehead atoms. The van der Waals surface area contributed by atoms with E-state index in [4.69, 9.17) is 4.74 Å². The molecule has 7 heteroatoms. The number of anilines is 1. The number of aryl methyl sites for hydroxylation is 3. The SMILES string of the molecule is Cc1ncc(C)c(NCc2cccnc2Oc2ccc(C)c(F)c2F)n1. The summed E-state index contributed by atoms with van der Waals surface area (Å²) >= 11 is 0. The molecule has 0 amide bonds. The Morgan fingerprint density at radius 1 is 1.00 bits per heavy atom. The zero-order valence-electron chi connectivity index (χ0n) is 14.7. The largest absolute Gasteiger partial charge is 0.435 e. The molecule has 3 aromatic rings. The predicted octanol–water partition coefficient (Wildman–Crippen LogP) is 4.48. The molecule has 0 saturated heterocycles. The van der Waals surface area contributed by atoms with Crippen molar-refractivity contribution in [1.29, 1.82) is 0 Å². The Morgan fingerprint density at radius 3 is 2.62 bits per heavy atom. The Kier molecular flexibility index (Phi) is 5.06. The van der Waals surface area contributed by atoms with E-state index in [1.165, 1.54) is 25.3 Å². The van der Waals surface area contributed by atoms with Crippen molar-refractivity contribution in [3.8, 4) is 11.6 Å². The van der Waals surface area contributed by atoms with Crippen LogP contribution in [-0.2, 0) is 6.54 Å². The molecular weight excluding hydrogens is 338 g/mol. The molecule has 2 heterocycles. The molecule has 0 radical (unpaired) electrons. The van der Waals surface area contributed by atoms with Gasteiger partial charge in [0.05, 0.1) is 0 Å². The monoisotopic (exact) mass is 356 g/mol. The molecule has 26 heavy (non-hydrogen) atoms. The third kappa shape index (κ3) is 3.77. The van der Waals surface area contributed by atoms with Gasteiger partial charge in [0.2, 0.25) is 11.7 Å². The summed E-state index contributed by atoms with van der Waals surface area (Å²) in [4.78, 5) is 12.6. The standard InChI is InChI=1S/C19H18F2N4O/c1-11-6-7-15(17(21)16(11)20)26-19-14(5-4-8-22-19)10-24-18-12(2)9-23-13(3)25-18/h4-9H,10H2,1-3H3,(H,23,24,25). The number of rotatable bonds is 5. The first-order chi connectivity index (χ1) is 12.5. The van der Waals surface area contributed by atoms with Crippen molar-refractivity contribution in [2.45, 2.75) is 27.3 Å². The minimum absolute atomic E-state index is 0.200. The molecule has 0 aliphatic heterocycles. The number of hydrogen-bond acceptors (Lipinski definition) is 5. The van der Waals surface area contributed by atoms with E-state index in [0.29, 0.717) is 23.8 Å². The fourth-order valence-electron chi connectivity index (χ4n) is 2.35. The molecule has 0 atom stereocenters. The van der Waals surface area contributed by atoms with Gasteiger partial charge in [0.25, 0.3) is 0 Å². The molecular formula is C19H18F2N4O. The summed E-state index contributed by atoms with van der Waals surface area (Å²) in [5.74, 6) is -0.618. The average molecular weight is 356 g/mol. The van der Waals surface area contributed by atoms with Crippen LogP contribution in [0.3, 0.4) is 0 Å². The molecule has 0 aliphatic rings. The quantitative estimate of drug-likeness (QED) is 0.730. The van der Waals surface area contributed by atoms with Crippen LogP contribution in [-0.4, -0.2) is 15.0 Å². The van der Waals surface area contributed by atoms with E-state index in [1.54, 1.807) is 25.3 Å². The summed E-state index contributed by atoms with van der Waals surface area (Å²) in [5.41, 5.74) is 1.80. The maximum Gasteiger partial charge on any atom is 0.224 e. The Hall–Kier alpha value is -3.09. The van der Waals surface area contributed by atoms with Crippen molar-refractivity contribution in [2.75, 3.05) is 5.32 Å². The Morgan fingerprint density at radius 2 is 1.81 bits per heavy atom. The van der Waals surface area contributed by atoms with Crippen LogP contribution < -0.4 is 10.1 Å². The molecule has 0 spiro atoms. The summed E-state index contributed by atoms with van der Waals surface area (Å²) in [6.45, 7) is 5.55. The first kappa shape index (κ1) is 17.7. The molecule has 0 unspecified atom stereocenters. The zero-order valence-corrected chi connectivity index (χ0v) is 14.7. The van der Waals surface area contributed by atoms with Crippen molar-refractivity contribution in [3.63, 3.8) is 0 Å². The summed E-state index contributed by atoms with van der Waals surface area (Å²) in [6.07, 6.45) is 3.26. The fraction of sp³-hybridized carbons (Fsp3) is 0.211. The van der Waals surface area contributed by atoms with Crippen LogP contribution in [0, 0.1) is 32.4 Å². The van der Waals surface area contributed by atoms with E-state index in [1.807, 2.05) is 6.92 Å². The van der Waals surface area contributed by atoms with Gasteiger partial charge in [-0.25, -0.2) is 19.3 Å². The van der Waals surface area contributed by atoms with Crippen molar-refractivity contribution in [2.24, 2.45) is 0 Å². The summed E-state index contributed by atoms with van der Waals surface area (Å²) < 4.78 is 33.3. The summed E-state index contributed by atoms with van der Waals surface area (Å²) in [7, 11) is 0. The number of nitrogens with zero attached hydrogens (tertiary/aromatic N) is 3. The fourth-order valence-corrected chi connectivity index (χ4v) is 2.35. The van der Waals surface area contributed by atoms with Gasteiger partial charge in [0.15, 0.2) is 11.6 Å². The number of halogens is 2. The first-order valence-electron chi connectivity index (χ1n) is 8.06. The Labute approximate surface area is 150 Å². The molecule has 0 aliphatic carbocycles. The third-order valence-corrected chi connectivity index (χ3v) is 3.84. The lowest BCUT2D eigenvalue weighted by Gasteiger charge is -2.13. The highest BCUT2D eigenvalue weighted by Gasteiger charge is 2.15. The molecule has 134 valence electrons. The lowest BCUT2D eigenvalue weighted by atomic mass is 10.2. The minimum atomic E-state index is -1.03. The number of pyridine rings is 1. The van der Waals surface area contributed by atoms with Gasteiger partial charge in [-0.05, 0) is 38.5 Å². The zero-order chi connectivity index (χ0) is 18.7. The summed E-state index contributed by atoms with van der Waals surface area (Å²) in [5, 5.41) is 3.19. The van der Waals surface area contributed by atoms with Crippen LogP contribution in [0.4, 0.5) is 14.6 Å². The second kappa shape index (κ2) is 7.43. The van der Waals surface area contributed by atoms with Crippen LogP contribution in [0.15, 0.2) is 36.7 Å². The van der Waals surface area contributed by atoms with Crippen molar-refractivity contribution >= 4 is 5.82 Å². The number of hydrogen-bond donors (Lipinski definition) is 1. The van der Waals surface area contributed by atoms with Crippen molar-refractivity contribution in [3.05, 3.63) is 70.8 Å². The van der Waals surface area contributed by atoms with Crippen LogP contribution in [0.1, 0.15) is 22.5 Å². The van der Waals surface area contributed by atoms with Crippen LogP contribution in [0.25, 0.3) is 0 Å². The molecule has 1 N–H and O–H groups in total. The van der Waals surface area contributed by atoms with E-state index in [9.17, 15) is 8.78 Å². The van der Waals surface area contributed by atoms with Gasteiger partial charge < -0.3 is 10.1 Å². The topological polar surface area (TPSA) is 59.9 Å². The van der Waals surface area contributed by atoms with E-state index in [2.05, 4.69) is 20.3 Å². The molecule has 1 aromatic carbocycles. The van der Waals surface area contributed by atoms with E-state index < -0.39 is 11.6 Å². The van der Waals surface area contributed by atoms with E-state index in [0.717, 1.165) is 5.56 Å². The number of ether oxygens (including phenoxy) is 1. The van der Waals surface area contributed by atoms with E-state index >= 15 is 0 Å². The molecule has 2 aromatic heterocycles. The average Bonchev–Trinajstić information content (AvgIpc) is 2.64. The highest BCUT2D eigenvalue weighted by molar-refractivity contribution is 5.44. The number of aromatic nitrogens is 3. The predicted molar refractivity (Wildman–Crippen MR) is 94.2 cm³/mol. The number of benzene rings is 1. The molecule has 0 saturated carbocycles. The van der Waals surface area contributed by atoms with Crippen molar-refractivity contribution < 1.29 is 13.5 Å². The summed E-state index contributed by atoms with van der Waals surface area (Å²) in [6, 6.07) is 6.38. The van der Waals surface area contributed by atoms with Crippen LogP contribution >= 0.6 is 0 Å². The lowest BCUT2D eigenvalue weighted by Crippen LogP contribution is -2.07. The first-order valence-corrected chi connectivity index (χ1v) is 8.06. The van der Waals surface area contributed by atoms with Crippen molar-refractivity contribution in [1.82, 2.24) is 15.0 Å². The highest BCUT2D eigenvalue weighted by Crippen LogP contribution is 2.28. The van der Waals surface area contributed by atoms with Crippen LogP contribution in [0.2, 0.25) is 0 Å². The van der Waals surface area contributed by atoms with Gasteiger partial charge in [-0.15, -0.1) is 0 Å². The highest BCUT2D eigenvalue weighted by atomic mass is 19.2. The molecule has 5 nitrogen and oxygen atoms in total. The van der Waals surface area contributed by atoms with Gasteiger partial charge in [-0.1, -0.05) is 12.1 Å². The number of nitrogens with one attached hydrogen (secondary N) is 1. The Bertz CT molecular complexity index is 947. The molecule has 3 rings (SSSR count). The molecule has 0 fully saturated rings. The minimum Gasteiger partial charge on any atom is -0.435 e. The van der Waals surface area contributed by atoms with Gasteiger partial charge in [0.1, 0.15) is 11.6 Å².